The van der Waals surface area contributed by atoms with Crippen LogP contribution in [0.5, 0.6) is 0 Å². The van der Waals surface area contributed by atoms with Crippen LogP contribution in [0.4, 0.5) is 11.5 Å². The molecule has 104 valence electrons. The van der Waals surface area contributed by atoms with E-state index in [1.807, 2.05) is 0 Å². The Labute approximate surface area is 118 Å². The zero-order valence-electron chi connectivity index (χ0n) is 11.7. The van der Waals surface area contributed by atoms with Gasteiger partial charge in [-0.2, -0.15) is 4.98 Å². The van der Waals surface area contributed by atoms with Crippen LogP contribution in [0.25, 0.3) is 0 Å². The van der Waals surface area contributed by atoms with Gasteiger partial charge in [0.2, 0.25) is 11.2 Å². The highest BCUT2D eigenvalue weighted by molar-refractivity contribution is 6.28. The number of carbonyl (C=O) groups is 1. The van der Waals surface area contributed by atoms with Gasteiger partial charge in [0, 0.05) is 6.54 Å². The highest BCUT2D eigenvalue weighted by Gasteiger charge is 2.29. The van der Waals surface area contributed by atoms with Gasteiger partial charge in [-0.25, -0.2) is 4.98 Å². The standard InChI is InChI=1S/C13H19ClN4O/c1-7-9-10(18-12(14)16-7)15-6-8(11(19)17-9)5-13(2,3)4/h8H,5-6H2,1-4H3,(H,17,19)(H,15,16,18). The van der Waals surface area contributed by atoms with Crippen LogP contribution >= 0.6 is 11.6 Å². The van der Waals surface area contributed by atoms with Crippen LogP contribution in [0.2, 0.25) is 5.28 Å². The molecule has 1 aromatic heterocycles. The number of carbonyl (C=O) groups excluding carboxylic acids is 1. The number of rotatable bonds is 1. The van der Waals surface area contributed by atoms with E-state index in [-0.39, 0.29) is 22.5 Å². The van der Waals surface area contributed by atoms with Crippen molar-refractivity contribution in [2.75, 3.05) is 17.2 Å². The molecule has 6 heteroatoms. The summed E-state index contributed by atoms with van der Waals surface area (Å²) >= 11 is 5.84. The second kappa shape index (κ2) is 4.96. The summed E-state index contributed by atoms with van der Waals surface area (Å²) in [6.45, 7) is 8.74. The van der Waals surface area contributed by atoms with Gasteiger partial charge < -0.3 is 10.6 Å². The molecule has 0 fully saturated rings. The van der Waals surface area contributed by atoms with E-state index in [1.165, 1.54) is 0 Å². The van der Waals surface area contributed by atoms with Crippen LogP contribution in [0.15, 0.2) is 0 Å². The van der Waals surface area contributed by atoms with Crippen molar-refractivity contribution in [2.24, 2.45) is 11.3 Å². The highest BCUT2D eigenvalue weighted by atomic mass is 35.5. The van der Waals surface area contributed by atoms with E-state index in [0.717, 1.165) is 6.42 Å². The maximum Gasteiger partial charge on any atom is 0.229 e. The topological polar surface area (TPSA) is 66.9 Å². The first-order valence-electron chi connectivity index (χ1n) is 6.35. The lowest BCUT2D eigenvalue weighted by atomic mass is 9.84. The number of aryl methyl sites for hydroxylation is 1. The molecule has 0 spiro atoms. The van der Waals surface area contributed by atoms with E-state index >= 15 is 0 Å². The Hall–Kier alpha value is -1.36. The van der Waals surface area contributed by atoms with Crippen LogP contribution in [0.3, 0.4) is 0 Å². The van der Waals surface area contributed by atoms with Crippen LogP contribution in [-0.4, -0.2) is 22.4 Å². The predicted molar refractivity (Wildman–Crippen MR) is 76.5 cm³/mol. The van der Waals surface area contributed by atoms with E-state index in [0.29, 0.717) is 23.7 Å². The molecule has 1 aliphatic heterocycles. The quantitative estimate of drug-likeness (QED) is 0.777. The van der Waals surface area contributed by atoms with Crippen molar-refractivity contribution in [3.05, 3.63) is 11.0 Å². The number of aromatic nitrogens is 2. The van der Waals surface area contributed by atoms with E-state index in [4.69, 9.17) is 11.6 Å². The molecule has 1 atom stereocenters. The normalized spacial score (nSPS) is 19.2. The average Bonchev–Trinajstić information content (AvgIpc) is 2.39. The average molecular weight is 283 g/mol. The fraction of sp³-hybridized carbons (Fsp3) is 0.615. The summed E-state index contributed by atoms with van der Waals surface area (Å²) in [4.78, 5) is 20.4. The molecule has 0 saturated heterocycles. The summed E-state index contributed by atoms with van der Waals surface area (Å²) in [5, 5.41) is 6.28. The lowest BCUT2D eigenvalue weighted by Crippen LogP contribution is -2.29. The van der Waals surface area contributed by atoms with Gasteiger partial charge in [0.05, 0.1) is 11.6 Å². The summed E-state index contributed by atoms with van der Waals surface area (Å²) in [6, 6.07) is 0. The Morgan fingerprint density at radius 1 is 1.37 bits per heavy atom. The second-order valence-corrected chi connectivity index (χ2v) is 6.47. The fourth-order valence-corrected chi connectivity index (χ4v) is 2.47. The SMILES string of the molecule is Cc1nc(Cl)nc2c1NC(=O)C(CC(C)(C)C)CN2. The highest BCUT2D eigenvalue weighted by Crippen LogP contribution is 2.31. The maximum absolute atomic E-state index is 12.3. The van der Waals surface area contributed by atoms with Gasteiger partial charge in [-0.3, -0.25) is 4.79 Å². The fourth-order valence-electron chi connectivity index (χ4n) is 2.26. The molecule has 1 aromatic rings. The van der Waals surface area contributed by atoms with Crippen molar-refractivity contribution in [1.82, 2.24) is 9.97 Å². The third kappa shape index (κ3) is 3.35. The largest absolute Gasteiger partial charge is 0.367 e. The smallest absolute Gasteiger partial charge is 0.229 e. The molecule has 1 amide bonds. The summed E-state index contributed by atoms with van der Waals surface area (Å²) in [6.07, 6.45) is 0.806. The number of fused-ring (bicyclic) bond motifs is 1. The molecule has 0 aliphatic carbocycles. The minimum atomic E-state index is -0.0904. The van der Waals surface area contributed by atoms with Crippen LogP contribution in [-0.2, 0) is 4.79 Å². The Morgan fingerprint density at radius 2 is 2.05 bits per heavy atom. The Bertz CT molecular complexity index is 510. The number of anilines is 2. The third-order valence-electron chi connectivity index (χ3n) is 3.06. The molecule has 0 radical (unpaired) electrons. The molecule has 2 rings (SSSR count). The summed E-state index contributed by atoms with van der Waals surface area (Å²) in [5.74, 6) is 0.518. The van der Waals surface area contributed by atoms with Gasteiger partial charge in [-0.15, -0.1) is 0 Å². The van der Waals surface area contributed by atoms with Crippen molar-refractivity contribution in [2.45, 2.75) is 34.1 Å². The minimum absolute atomic E-state index is 0.00944. The lowest BCUT2D eigenvalue weighted by molar-refractivity contribution is -0.120. The summed E-state index contributed by atoms with van der Waals surface area (Å²) in [7, 11) is 0. The minimum Gasteiger partial charge on any atom is -0.367 e. The molecule has 0 saturated carbocycles. The zero-order chi connectivity index (χ0) is 14.2. The van der Waals surface area contributed by atoms with Crippen molar-refractivity contribution < 1.29 is 4.79 Å². The number of nitrogens with zero attached hydrogens (tertiary/aromatic N) is 2. The molecule has 1 aliphatic rings. The van der Waals surface area contributed by atoms with E-state index in [9.17, 15) is 4.79 Å². The number of halogens is 1. The van der Waals surface area contributed by atoms with Gasteiger partial charge in [-0.05, 0) is 30.4 Å². The second-order valence-electron chi connectivity index (χ2n) is 6.13. The van der Waals surface area contributed by atoms with Crippen molar-refractivity contribution in [3.8, 4) is 0 Å². The molecule has 5 nitrogen and oxygen atoms in total. The molecular formula is C13H19ClN4O. The first-order chi connectivity index (χ1) is 8.76. The van der Waals surface area contributed by atoms with Gasteiger partial charge in [0.25, 0.3) is 0 Å². The molecule has 2 heterocycles. The van der Waals surface area contributed by atoms with Gasteiger partial charge in [0.15, 0.2) is 5.82 Å². The van der Waals surface area contributed by atoms with Gasteiger partial charge in [0.1, 0.15) is 5.69 Å². The lowest BCUT2D eigenvalue weighted by Gasteiger charge is -2.23. The third-order valence-corrected chi connectivity index (χ3v) is 3.23. The number of amides is 1. The van der Waals surface area contributed by atoms with E-state index in [2.05, 4.69) is 41.4 Å². The Morgan fingerprint density at radius 3 is 2.68 bits per heavy atom. The molecular weight excluding hydrogens is 264 g/mol. The maximum atomic E-state index is 12.3. The predicted octanol–water partition coefficient (Wildman–Crippen LogP) is 2.85. The summed E-state index contributed by atoms with van der Waals surface area (Å²) < 4.78 is 0. The number of hydrogen-bond donors (Lipinski definition) is 2. The van der Waals surface area contributed by atoms with Crippen LogP contribution in [0, 0.1) is 18.3 Å². The molecule has 19 heavy (non-hydrogen) atoms. The van der Waals surface area contributed by atoms with Gasteiger partial charge in [-0.1, -0.05) is 20.8 Å². The number of nitrogens with one attached hydrogen (secondary N) is 2. The van der Waals surface area contributed by atoms with Gasteiger partial charge >= 0.3 is 0 Å². The zero-order valence-corrected chi connectivity index (χ0v) is 12.4. The first kappa shape index (κ1) is 14.1. The molecule has 2 N–H and O–H groups in total. The monoisotopic (exact) mass is 282 g/mol. The van der Waals surface area contributed by atoms with E-state index < -0.39 is 0 Å². The van der Waals surface area contributed by atoms with Crippen LogP contribution in [0.1, 0.15) is 32.9 Å². The van der Waals surface area contributed by atoms with E-state index in [1.54, 1.807) is 6.92 Å². The summed E-state index contributed by atoms with van der Waals surface area (Å²) in [5.41, 5.74) is 1.40. The van der Waals surface area contributed by atoms with Crippen molar-refractivity contribution in [3.63, 3.8) is 0 Å². The molecule has 0 aromatic carbocycles. The molecule has 1 unspecified atom stereocenters. The Balaban J connectivity index is 2.26. The van der Waals surface area contributed by atoms with Crippen molar-refractivity contribution in [1.29, 1.82) is 0 Å². The van der Waals surface area contributed by atoms with Crippen LogP contribution < -0.4 is 10.6 Å². The first-order valence-corrected chi connectivity index (χ1v) is 6.73. The van der Waals surface area contributed by atoms with Crippen molar-refractivity contribution >= 4 is 29.0 Å². The Kier molecular flexibility index (Phi) is 3.67. The number of hydrogen-bond acceptors (Lipinski definition) is 4. The molecule has 0 bridgehead atoms.